The fourth-order valence-corrected chi connectivity index (χ4v) is 4.63. The van der Waals surface area contributed by atoms with Crippen LogP contribution in [0, 0.1) is 0 Å². The zero-order valence-electron chi connectivity index (χ0n) is 10.3. The van der Waals surface area contributed by atoms with Gasteiger partial charge in [-0.05, 0) is 30.9 Å². The second kappa shape index (κ2) is 5.24. The van der Waals surface area contributed by atoms with E-state index in [1.807, 2.05) is 29.8 Å². The summed E-state index contributed by atoms with van der Waals surface area (Å²) in [6, 6.07) is 4.17. The first-order valence-electron chi connectivity index (χ1n) is 5.38. The Morgan fingerprint density at radius 3 is 2.53 bits per heavy atom. The smallest absolute Gasteiger partial charge is 0.126 e. The lowest BCUT2D eigenvalue weighted by molar-refractivity contribution is 0.279. The molecule has 5 heteroatoms. The number of fused-ring (bicyclic) bond motifs is 1. The van der Waals surface area contributed by atoms with Crippen molar-refractivity contribution in [3.8, 4) is 5.75 Å². The summed E-state index contributed by atoms with van der Waals surface area (Å²) in [5.74, 6) is 0.999. The highest BCUT2D eigenvalue weighted by Crippen LogP contribution is 2.53. The van der Waals surface area contributed by atoms with Gasteiger partial charge in [0.05, 0.1) is 10.7 Å². The average molecular weight is 287 g/mol. The summed E-state index contributed by atoms with van der Waals surface area (Å²) < 4.78 is 5.88. The van der Waals surface area contributed by atoms with Crippen LogP contribution in [0.15, 0.2) is 17.0 Å². The van der Waals surface area contributed by atoms with E-state index < -0.39 is 0 Å². The summed E-state index contributed by atoms with van der Waals surface area (Å²) in [4.78, 5) is 1.10. The molecule has 2 nitrogen and oxygen atoms in total. The van der Waals surface area contributed by atoms with Crippen LogP contribution < -0.4 is 10.5 Å². The maximum absolute atomic E-state index is 6.09. The van der Waals surface area contributed by atoms with Crippen molar-refractivity contribution in [2.45, 2.75) is 15.4 Å². The predicted molar refractivity (Wildman–Crippen MR) is 81.5 cm³/mol. The molecule has 2 rings (SSSR count). The first-order chi connectivity index (χ1) is 8.16. The number of ether oxygens (including phenoxy) is 1. The van der Waals surface area contributed by atoms with Gasteiger partial charge in [-0.15, -0.1) is 35.3 Å². The van der Waals surface area contributed by atoms with Crippen molar-refractivity contribution in [1.82, 2.24) is 0 Å². The zero-order chi connectivity index (χ0) is 12.5. The molecule has 0 aromatic heterocycles. The highest BCUT2D eigenvalue weighted by atomic mass is 32.2. The molecule has 0 amide bonds. The van der Waals surface area contributed by atoms with Gasteiger partial charge < -0.3 is 10.5 Å². The summed E-state index contributed by atoms with van der Waals surface area (Å²) in [6.07, 6.45) is 7.38. The van der Waals surface area contributed by atoms with Crippen LogP contribution in [0.25, 0.3) is 0 Å². The summed E-state index contributed by atoms with van der Waals surface area (Å²) in [5, 5.41) is 0. The molecule has 2 N–H and O–H groups in total. The Morgan fingerprint density at radius 2 is 1.94 bits per heavy atom. The molecule has 1 aromatic rings. The Kier molecular flexibility index (Phi) is 4.10. The molecule has 0 fully saturated rings. The molecule has 0 saturated heterocycles. The standard InChI is InChI=1S/C12H17NOS3/c1-15-11-7-10-8(6-9(11)13)12(16-2,17-3)4-5-14-10/h6-7H,4-5,13H2,1-3H3. The Balaban J connectivity index is 2.55. The van der Waals surface area contributed by atoms with Crippen LogP contribution in [-0.4, -0.2) is 25.4 Å². The van der Waals surface area contributed by atoms with Crippen molar-refractivity contribution in [1.29, 1.82) is 0 Å². The second-order valence-electron chi connectivity index (χ2n) is 3.85. The quantitative estimate of drug-likeness (QED) is 0.521. The molecule has 0 bridgehead atoms. The number of hydrogen-bond acceptors (Lipinski definition) is 5. The van der Waals surface area contributed by atoms with Crippen LogP contribution in [0.4, 0.5) is 5.69 Å². The molecule has 1 heterocycles. The summed E-state index contributed by atoms with van der Waals surface area (Å²) in [5.41, 5.74) is 8.18. The van der Waals surface area contributed by atoms with Crippen LogP contribution in [0.5, 0.6) is 5.75 Å². The summed E-state index contributed by atoms with van der Waals surface area (Å²) >= 11 is 5.42. The fourth-order valence-electron chi connectivity index (χ4n) is 2.11. The van der Waals surface area contributed by atoms with Crippen molar-refractivity contribution in [3.05, 3.63) is 17.7 Å². The van der Waals surface area contributed by atoms with Crippen molar-refractivity contribution >= 4 is 41.0 Å². The Labute approximate surface area is 115 Å². The number of benzene rings is 1. The zero-order valence-corrected chi connectivity index (χ0v) is 12.7. The number of rotatable bonds is 3. The molecule has 0 spiro atoms. The normalized spacial score (nSPS) is 17.4. The largest absolute Gasteiger partial charge is 0.493 e. The van der Waals surface area contributed by atoms with Crippen molar-refractivity contribution < 1.29 is 4.74 Å². The number of nitrogen functional groups attached to an aromatic ring is 1. The highest BCUT2D eigenvalue weighted by molar-refractivity contribution is 8.16. The lowest BCUT2D eigenvalue weighted by Crippen LogP contribution is -2.26. The Hall–Kier alpha value is -0.130. The van der Waals surface area contributed by atoms with E-state index in [0.29, 0.717) is 0 Å². The first kappa shape index (κ1) is 13.3. The van der Waals surface area contributed by atoms with Crippen LogP contribution in [-0.2, 0) is 4.08 Å². The summed E-state index contributed by atoms with van der Waals surface area (Å²) in [7, 11) is 0. The number of hydrogen-bond donors (Lipinski definition) is 1. The van der Waals surface area contributed by atoms with Crippen molar-refractivity contribution in [2.24, 2.45) is 0 Å². The van der Waals surface area contributed by atoms with E-state index in [1.165, 1.54) is 5.56 Å². The molecular weight excluding hydrogens is 270 g/mol. The maximum Gasteiger partial charge on any atom is 0.126 e. The molecule has 0 radical (unpaired) electrons. The van der Waals surface area contributed by atoms with Crippen LogP contribution in [0.3, 0.4) is 0 Å². The molecular formula is C12H17NOS3. The van der Waals surface area contributed by atoms with Gasteiger partial charge in [0.15, 0.2) is 0 Å². The molecule has 0 saturated carbocycles. The van der Waals surface area contributed by atoms with Crippen LogP contribution >= 0.6 is 35.3 Å². The molecule has 0 atom stereocenters. The molecule has 94 valence electrons. The van der Waals surface area contributed by atoms with E-state index in [0.717, 1.165) is 29.4 Å². The molecule has 1 aliphatic heterocycles. The van der Waals surface area contributed by atoms with Crippen molar-refractivity contribution in [2.75, 3.05) is 31.1 Å². The topological polar surface area (TPSA) is 35.2 Å². The van der Waals surface area contributed by atoms with E-state index in [1.54, 1.807) is 11.8 Å². The van der Waals surface area contributed by atoms with Gasteiger partial charge in [0, 0.05) is 22.6 Å². The molecule has 1 aliphatic rings. The lowest BCUT2D eigenvalue weighted by atomic mass is 10.0. The monoisotopic (exact) mass is 287 g/mol. The van der Waals surface area contributed by atoms with Gasteiger partial charge in [-0.25, -0.2) is 0 Å². The Morgan fingerprint density at radius 1 is 1.24 bits per heavy atom. The van der Waals surface area contributed by atoms with E-state index in [2.05, 4.69) is 24.6 Å². The minimum Gasteiger partial charge on any atom is -0.493 e. The minimum absolute atomic E-state index is 0.0959. The third-order valence-electron chi connectivity index (χ3n) is 3.09. The third-order valence-corrected chi connectivity index (χ3v) is 7.05. The SMILES string of the molecule is CSc1cc2c(cc1N)C(SC)(SC)CCO2. The Bertz CT molecular complexity index is 418. The van der Waals surface area contributed by atoms with Gasteiger partial charge in [0.2, 0.25) is 0 Å². The summed E-state index contributed by atoms with van der Waals surface area (Å²) in [6.45, 7) is 0.784. The van der Waals surface area contributed by atoms with E-state index >= 15 is 0 Å². The van der Waals surface area contributed by atoms with Crippen LogP contribution in [0.1, 0.15) is 12.0 Å². The van der Waals surface area contributed by atoms with E-state index in [-0.39, 0.29) is 4.08 Å². The lowest BCUT2D eigenvalue weighted by Gasteiger charge is -2.36. The van der Waals surface area contributed by atoms with E-state index in [4.69, 9.17) is 10.5 Å². The maximum atomic E-state index is 6.09. The first-order valence-corrected chi connectivity index (χ1v) is 9.05. The number of thioether (sulfide) groups is 3. The minimum atomic E-state index is 0.0959. The van der Waals surface area contributed by atoms with Gasteiger partial charge in [-0.1, -0.05) is 0 Å². The third kappa shape index (κ3) is 2.25. The molecule has 0 unspecified atom stereocenters. The average Bonchev–Trinajstić information content (AvgIpc) is 2.37. The van der Waals surface area contributed by atoms with Crippen molar-refractivity contribution in [3.63, 3.8) is 0 Å². The van der Waals surface area contributed by atoms with Crippen LogP contribution in [0.2, 0.25) is 0 Å². The molecule has 0 aliphatic carbocycles. The fraction of sp³-hybridized carbons (Fsp3) is 0.500. The van der Waals surface area contributed by atoms with Gasteiger partial charge >= 0.3 is 0 Å². The molecule has 1 aromatic carbocycles. The van der Waals surface area contributed by atoms with Gasteiger partial charge in [-0.2, -0.15) is 0 Å². The highest BCUT2D eigenvalue weighted by Gasteiger charge is 2.37. The van der Waals surface area contributed by atoms with Gasteiger partial charge in [-0.3, -0.25) is 0 Å². The van der Waals surface area contributed by atoms with Gasteiger partial charge in [0.25, 0.3) is 0 Å². The number of nitrogens with two attached hydrogens (primary N) is 1. The van der Waals surface area contributed by atoms with E-state index in [9.17, 15) is 0 Å². The number of anilines is 1. The van der Waals surface area contributed by atoms with Gasteiger partial charge in [0.1, 0.15) is 5.75 Å². The predicted octanol–water partition coefficient (Wildman–Crippen LogP) is 3.65. The second-order valence-corrected chi connectivity index (χ2v) is 7.17. The molecule has 17 heavy (non-hydrogen) atoms.